The monoisotopic (exact) mass is 361 g/mol. The summed E-state index contributed by atoms with van der Waals surface area (Å²) in [6.45, 7) is 4.15. The Bertz CT molecular complexity index is 699. The molecule has 1 unspecified atom stereocenters. The normalized spacial score (nSPS) is 19.5. The van der Waals surface area contributed by atoms with E-state index in [0.717, 1.165) is 15.7 Å². The Balaban J connectivity index is 2.07. The lowest BCUT2D eigenvalue weighted by Crippen LogP contribution is -2.39. The molecule has 21 heavy (non-hydrogen) atoms. The van der Waals surface area contributed by atoms with Gasteiger partial charge in [-0.2, -0.15) is 0 Å². The number of hydrogen-bond donors (Lipinski definition) is 1. The van der Waals surface area contributed by atoms with Gasteiger partial charge in [0.2, 0.25) is 0 Å². The Kier molecular flexibility index (Phi) is 3.86. The highest BCUT2D eigenvalue weighted by Crippen LogP contribution is 2.39. The van der Waals surface area contributed by atoms with Gasteiger partial charge in [-0.05, 0) is 49.2 Å². The van der Waals surface area contributed by atoms with Crippen LogP contribution in [-0.2, 0) is 10.3 Å². The Morgan fingerprint density at radius 1 is 1.19 bits per heavy atom. The van der Waals surface area contributed by atoms with Crippen molar-refractivity contribution in [1.82, 2.24) is 0 Å². The van der Waals surface area contributed by atoms with Gasteiger partial charge in [-0.3, -0.25) is 0 Å². The molecule has 1 aliphatic heterocycles. The van der Waals surface area contributed by atoms with Crippen molar-refractivity contribution < 1.29 is 4.74 Å². The third-order valence-electron chi connectivity index (χ3n) is 3.67. The molecule has 0 saturated heterocycles. The molecule has 1 heterocycles. The van der Waals surface area contributed by atoms with Crippen LogP contribution in [0.4, 0.5) is 5.69 Å². The highest BCUT2D eigenvalue weighted by molar-refractivity contribution is 9.10. The van der Waals surface area contributed by atoms with Crippen molar-refractivity contribution in [2.45, 2.75) is 25.7 Å². The molecular weight excluding hydrogens is 346 g/mol. The molecule has 0 bridgehead atoms. The second-order valence-corrected chi connectivity index (χ2v) is 6.79. The molecule has 0 saturated carbocycles. The van der Waals surface area contributed by atoms with E-state index in [1.165, 1.54) is 11.1 Å². The molecule has 4 heteroatoms. The van der Waals surface area contributed by atoms with E-state index in [1.54, 1.807) is 5.37 Å². The zero-order valence-corrected chi connectivity index (χ0v) is 14.3. The molecule has 108 valence electrons. The lowest BCUT2D eigenvalue weighted by Gasteiger charge is -2.37. The minimum atomic E-state index is -0.372. The highest BCUT2D eigenvalue weighted by Gasteiger charge is 2.32. The molecule has 0 radical (unpaired) electrons. The molecule has 1 atom stereocenters. The van der Waals surface area contributed by atoms with Gasteiger partial charge in [0, 0.05) is 21.1 Å². The summed E-state index contributed by atoms with van der Waals surface area (Å²) in [6.07, 6.45) is -0.223. The second-order valence-electron chi connectivity index (χ2n) is 5.60. The summed E-state index contributed by atoms with van der Waals surface area (Å²) >= 11 is 8.52. The molecule has 2 aromatic carbocycles. The van der Waals surface area contributed by atoms with E-state index in [4.69, 9.17) is 17.0 Å². The number of nitrogens with one attached hydrogen (secondary N) is 1. The van der Waals surface area contributed by atoms with E-state index < -0.39 is 0 Å². The molecule has 3 rings (SSSR count). The second kappa shape index (κ2) is 5.52. The molecule has 0 aliphatic carbocycles. The average molecular weight is 362 g/mol. The van der Waals surface area contributed by atoms with E-state index in [-0.39, 0.29) is 11.8 Å². The van der Waals surface area contributed by atoms with Gasteiger partial charge in [0.05, 0.1) is 5.60 Å². The summed E-state index contributed by atoms with van der Waals surface area (Å²) in [4.78, 5) is 0. The van der Waals surface area contributed by atoms with Crippen LogP contribution in [0, 0.1) is 0 Å². The lowest BCUT2D eigenvalue weighted by molar-refractivity contribution is -0.0406. The molecular formula is C17H16BrNOS. The molecule has 0 spiro atoms. The topological polar surface area (TPSA) is 21.3 Å². The van der Waals surface area contributed by atoms with Crippen LogP contribution in [0.1, 0.15) is 19.4 Å². The van der Waals surface area contributed by atoms with Crippen molar-refractivity contribution in [1.29, 1.82) is 0 Å². The highest BCUT2D eigenvalue weighted by atomic mass is 79.9. The number of fused-ring (bicyclic) bond motifs is 1. The summed E-state index contributed by atoms with van der Waals surface area (Å²) in [6, 6.07) is 14.7. The Morgan fingerprint density at radius 3 is 2.67 bits per heavy atom. The molecule has 1 N–H and O–H groups in total. The van der Waals surface area contributed by atoms with E-state index in [0.29, 0.717) is 0 Å². The Labute approximate surface area is 138 Å². The van der Waals surface area contributed by atoms with Crippen LogP contribution < -0.4 is 5.32 Å². The van der Waals surface area contributed by atoms with Crippen molar-refractivity contribution in [3.8, 4) is 11.1 Å². The fourth-order valence-corrected chi connectivity index (χ4v) is 3.16. The zero-order chi connectivity index (χ0) is 15.0. The van der Waals surface area contributed by atoms with E-state index >= 15 is 0 Å². The van der Waals surface area contributed by atoms with Crippen molar-refractivity contribution in [3.05, 3.63) is 52.5 Å². The minimum absolute atomic E-state index is 0.223. The van der Waals surface area contributed by atoms with Gasteiger partial charge >= 0.3 is 0 Å². The average Bonchev–Trinajstić information content (AvgIpc) is 2.46. The number of benzene rings is 2. The minimum Gasteiger partial charge on any atom is -0.356 e. The number of halogens is 1. The van der Waals surface area contributed by atoms with Crippen molar-refractivity contribution in [3.63, 3.8) is 0 Å². The summed E-state index contributed by atoms with van der Waals surface area (Å²) in [7, 11) is 0. The van der Waals surface area contributed by atoms with Gasteiger partial charge < -0.3 is 10.1 Å². The summed E-state index contributed by atoms with van der Waals surface area (Å²) in [5.74, 6) is 0. The predicted molar refractivity (Wildman–Crippen MR) is 94.8 cm³/mol. The van der Waals surface area contributed by atoms with Crippen LogP contribution in [0.5, 0.6) is 0 Å². The molecule has 2 nitrogen and oxygen atoms in total. The third kappa shape index (κ3) is 2.89. The van der Waals surface area contributed by atoms with E-state index in [9.17, 15) is 0 Å². The fourth-order valence-electron chi connectivity index (χ4n) is 2.64. The summed E-state index contributed by atoms with van der Waals surface area (Å²) in [5, 5.41) is 4.92. The maximum atomic E-state index is 5.98. The number of ether oxygens (including phenoxy) is 1. The quantitative estimate of drug-likeness (QED) is 0.750. The van der Waals surface area contributed by atoms with Crippen LogP contribution in [-0.4, -0.2) is 11.6 Å². The van der Waals surface area contributed by atoms with Gasteiger partial charge in [-0.25, -0.2) is 0 Å². The van der Waals surface area contributed by atoms with Gasteiger partial charge in [0.15, 0.2) is 6.23 Å². The SMILES string of the molecule is CC1(C)OC(C=S)Nc2ccc(-c3cccc(Br)c3)cc21. The largest absolute Gasteiger partial charge is 0.356 e. The standard InChI is InChI=1S/C17H16BrNOS/c1-17(2)14-9-12(11-4-3-5-13(18)8-11)6-7-15(14)19-16(10-21)20-17/h3-10,16,19H,1-2H3. The number of anilines is 1. The van der Waals surface area contributed by atoms with Crippen LogP contribution in [0.25, 0.3) is 11.1 Å². The predicted octanol–water partition coefficient (Wildman–Crippen LogP) is 5.12. The Hall–Kier alpha value is -1.23. The zero-order valence-electron chi connectivity index (χ0n) is 11.9. The van der Waals surface area contributed by atoms with Crippen LogP contribution >= 0.6 is 28.1 Å². The third-order valence-corrected chi connectivity index (χ3v) is 4.41. The van der Waals surface area contributed by atoms with Gasteiger partial charge in [0.25, 0.3) is 0 Å². The van der Waals surface area contributed by atoms with Crippen molar-refractivity contribution in [2.75, 3.05) is 5.32 Å². The first-order valence-electron chi connectivity index (χ1n) is 6.80. The van der Waals surface area contributed by atoms with Gasteiger partial charge in [-0.1, -0.05) is 46.3 Å². The Morgan fingerprint density at radius 2 is 1.95 bits per heavy atom. The van der Waals surface area contributed by atoms with E-state index in [2.05, 4.69) is 65.4 Å². The fraction of sp³-hybridized carbons (Fsp3) is 0.235. The molecule has 0 amide bonds. The summed E-state index contributed by atoms with van der Waals surface area (Å²) < 4.78 is 7.06. The molecule has 0 fully saturated rings. The number of hydrogen-bond acceptors (Lipinski definition) is 3. The van der Waals surface area contributed by atoms with Crippen LogP contribution in [0.3, 0.4) is 0 Å². The molecule has 1 aliphatic rings. The first-order chi connectivity index (χ1) is 9.99. The lowest BCUT2D eigenvalue weighted by atomic mass is 9.91. The smallest absolute Gasteiger partial charge is 0.158 e. The van der Waals surface area contributed by atoms with Crippen molar-refractivity contribution >= 4 is 39.2 Å². The molecule has 2 aromatic rings. The first kappa shape index (κ1) is 14.7. The number of rotatable bonds is 2. The van der Waals surface area contributed by atoms with Crippen LogP contribution in [0.15, 0.2) is 46.9 Å². The number of thiocarbonyl (C=S) groups is 1. The van der Waals surface area contributed by atoms with Crippen molar-refractivity contribution in [2.24, 2.45) is 0 Å². The van der Waals surface area contributed by atoms with Gasteiger partial charge in [-0.15, -0.1) is 0 Å². The van der Waals surface area contributed by atoms with E-state index in [1.807, 2.05) is 12.1 Å². The maximum absolute atomic E-state index is 5.98. The summed E-state index contributed by atoms with van der Waals surface area (Å²) in [5.41, 5.74) is 4.21. The first-order valence-corrected chi connectivity index (χ1v) is 8.06. The van der Waals surface area contributed by atoms with Gasteiger partial charge in [0.1, 0.15) is 0 Å². The molecule has 0 aromatic heterocycles. The maximum Gasteiger partial charge on any atom is 0.158 e. The van der Waals surface area contributed by atoms with Crippen LogP contribution in [0.2, 0.25) is 0 Å².